The second-order valence-electron chi connectivity index (χ2n) is 15.7. The lowest BCUT2D eigenvalue weighted by atomic mass is 10.1. The number of ether oxygens (including phenoxy) is 3. The van der Waals surface area contributed by atoms with Gasteiger partial charge in [0.25, 0.3) is 0 Å². The standard InChI is InChI=1S/C50H81NO7/c1-6-8-10-12-14-16-18-20-22-24-26-28-30-32-34-36-38-40-48(52)57-45-46(44-56-43-42-47(50(54)55)51(3,4)5)58-49(53)41-39-37-35-33-31-29-27-25-23-21-19-17-15-13-11-9-7-2/h8,10,12,14-18,20-24,26,28,30,46-47H,6-7,9,11,13,19,25,27,29,31-45H2,1-5H3/b10-8+,14-12+,17-15+,18-16+,22-20+,23-21+,26-24+,30-28+. The van der Waals surface area contributed by atoms with Crippen molar-refractivity contribution in [2.75, 3.05) is 41.0 Å². The molecule has 8 heteroatoms. The maximum atomic E-state index is 12.7. The first-order valence-electron chi connectivity index (χ1n) is 22.3. The molecule has 58 heavy (non-hydrogen) atoms. The Labute approximate surface area is 354 Å². The van der Waals surface area contributed by atoms with Crippen LogP contribution in [0, 0.1) is 0 Å². The summed E-state index contributed by atoms with van der Waals surface area (Å²) >= 11 is 0. The fourth-order valence-electron chi connectivity index (χ4n) is 5.90. The molecular weight excluding hydrogens is 727 g/mol. The topological polar surface area (TPSA) is 102 Å². The number of hydrogen-bond acceptors (Lipinski definition) is 7. The van der Waals surface area contributed by atoms with Gasteiger partial charge in [-0.25, -0.2) is 0 Å². The van der Waals surface area contributed by atoms with Gasteiger partial charge in [-0.3, -0.25) is 9.59 Å². The van der Waals surface area contributed by atoms with Crippen LogP contribution in [-0.2, 0) is 28.6 Å². The predicted octanol–water partition coefficient (Wildman–Crippen LogP) is 11.0. The molecule has 0 saturated carbocycles. The second kappa shape index (κ2) is 40.0. The molecule has 0 aliphatic carbocycles. The Hall–Kier alpha value is -3.75. The molecule has 0 radical (unpaired) electrons. The van der Waals surface area contributed by atoms with Gasteiger partial charge in [0.15, 0.2) is 6.10 Å². The minimum Gasteiger partial charge on any atom is -0.544 e. The average molecular weight is 808 g/mol. The summed E-state index contributed by atoms with van der Waals surface area (Å²) in [6, 6.07) is -0.740. The van der Waals surface area contributed by atoms with Crippen molar-refractivity contribution in [3.8, 4) is 0 Å². The van der Waals surface area contributed by atoms with Crippen LogP contribution in [0.25, 0.3) is 0 Å². The lowest BCUT2D eigenvalue weighted by Gasteiger charge is -2.34. The zero-order valence-electron chi connectivity index (χ0n) is 37.2. The number of carbonyl (C=O) groups is 3. The van der Waals surface area contributed by atoms with Crippen LogP contribution in [0.4, 0.5) is 0 Å². The summed E-state index contributed by atoms with van der Waals surface area (Å²) in [7, 11) is 5.38. The molecular formula is C50H81NO7. The van der Waals surface area contributed by atoms with Crippen molar-refractivity contribution in [3.05, 3.63) is 97.2 Å². The van der Waals surface area contributed by atoms with Crippen molar-refractivity contribution >= 4 is 17.9 Å². The third-order valence-electron chi connectivity index (χ3n) is 9.37. The molecule has 0 rings (SSSR count). The van der Waals surface area contributed by atoms with Crippen LogP contribution in [-0.4, -0.2) is 75.5 Å². The van der Waals surface area contributed by atoms with E-state index >= 15 is 0 Å². The largest absolute Gasteiger partial charge is 0.544 e. The summed E-state index contributed by atoms with van der Waals surface area (Å²) in [4.78, 5) is 36.9. The average Bonchev–Trinajstić information content (AvgIpc) is 3.18. The fourth-order valence-corrected chi connectivity index (χ4v) is 5.90. The highest BCUT2D eigenvalue weighted by molar-refractivity contribution is 5.70. The smallest absolute Gasteiger partial charge is 0.306 e. The Morgan fingerprint density at radius 2 is 1.03 bits per heavy atom. The van der Waals surface area contributed by atoms with E-state index in [2.05, 4.69) is 50.3 Å². The van der Waals surface area contributed by atoms with Crippen molar-refractivity contribution in [3.63, 3.8) is 0 Å². The van der Waals surface area contributed by atoms with Crippen LogP contribution in [0.3, 0.4) is 0 Å². The molecule has 2 atom stereocenters. The number of nitrogens with zero attached hydrogens (tertiary/aromatic N) is 1. The zero-order chi connectivity index (χ0) is 42.8. The quantitative estimate of drug-likeness (QED) is 0.0201. The van der Waals surface area contributed by atoms with E-state index in [9.17, 15) is 19.5 Å². The highest BCUT2D eigenvalue weighted by Gasteiger charge is 2.25. The van der Waals surface area contributed by atoms with Gasteiger partial charge in [-0.2, -0.15) is 0 Å². The number of carboxylic acids is 1. The molecule has 0 aromatic carbocycles. The Bertz CT molecular complexity index is 1260. The number of likely N-dealkylation sites (N-methyl/N-ethyl adjacent to an activating group) is 1. The van der Waals surface area contributed by atoms with Crippen LogP contribution in [0.2, 0.25) is 0 Å². The summed E-state index contributed by atoms with van der Waals surface area (Å²) in [5.74, 6) is -1.82. The van der Waals surface area contributed by atoms with Crippen LogP contribution in [0.15, 0.2) is 97.2 Å². The van der Waals surface area contributed by atoms with Crippen molar-refractivity contribution in [2.24, 2.45) is 0 Å². The van der Waals surface area contributed by atoms with Crippen LogP contribution >= 0.6 is 0 Å². The Morgan fingerprint density at radius 3 is 1.59 bits per heavy atom. The first-order valence-corrected chi connectivity index (χ1v) is 22.3. The number of carboxylic acid groups (broad SMARTS) is 1. The molecule has 0 aliphatic rings. The summed E-state index contributed by atoms with van der Waals surface area (Å²) in [6.07, 6.45) is 52.8. The molecule has 0 N–H and O–H groups in total. The molecule has 0 amide bonds. The van der Waals surface area contributed by atoms with Crippen molar-refractivity contribution in [2.45, 2.75) is 161 Å². The molecule has 2 unspecified atom stereocenters. The molecule has 8 nitrogen and oxygen atoms in total. The normalized spacial score (nSPS) is 13.9. The van der Waals surface area contributed by atoms with E-state index in [-0.39, 0.29) is 49.1 Å². The Morgan fingerprint density at radius 1 is 0.552 bits per heavy atom. The summed E-state index contributed by atoms with van der Waals surface area (Å²) in [6.45, 7) is 4.41. The summed E-state index contributed by atoms with van der Waals surface area (Å²) < 4.78 is 17.1. The number of rotatable bonds is 38. The first kappa shape index (κ1) is 54.2. The Kier molecular flexibility index (Phi) is 37.5. The SMILES string of the molecule is CC/C=C/C=C/C=C/C=C/C=C/C=C/CCCCCC(=O)OCC(COCCC(C(=O)[O-])[N+](C)(C)C)OC(=O)CCCCCCCCC/C=C/C/C=C/CCCCC. The monoisotopic (exact) mass is 808 g/mol. The number of esters is 2. The van der Waals surface area contributed by atoms with Crippen molar-refractivity contribution in [1.29, 1.82) is 0 Å². The second-order valence-corrected chi connectivity index (χ2v) is 15.7. The Balaban J connectivity index is 4.47. The van der Waals surface area contributed by atoms with E-state index in [1.165, 1.54) is 44.9 Å². The van der Waals surface area contributed by atoms with Gasteiger partial charge in [-0.1, -0.05) is 162 Å². The maximum absolute atomic E-state index is 12.7. The van der Waals surface area contributed by atoms with Crippen molar-refractivity contribution < 1.29 is 38.2 Å². The number of quaternary nitrogens is 1. The molecule has 0 fully saturated rings. The summed E-state index contributed by atoms with van der Waals surface area (Å²) in [5, 5.41) is 11.6. The van der Waals surface area contributed by atoms with E-state index in [1.807, 2.05) is 60.8 Å². The van der Waals surface area contributed by atoms with Crippen molar-refractivity contribution in [1.82, 2.24) is 0 Å². The van der Waals surface area contributed by atoms with Gasteiger partial charge in [0, 0.05) is 19.3 Å². The highest BCUT2D eigenvalue weighted by atomic mass is 16.6. The van der Waals surface area contributed by atoms with E-state index in [1.54, 1.807) is 21.1 Å². The van der Waals surface area contributed by atoms with E-state index < -0.39 is 18.1 Å². The minimum atomic E-state index is -1.14. The van der Waals surface area contributed by atoms with Crippen LogP contribution < -0.4 is 5.11 Å². The van der Waals surface area contributed by atoms with Gasteiger partial charge in [0.05, 0.1) is 40.3 Å². The first-order chi connectivity index (χ1) is 28.1. The fraction of sp³-hybridized carbons (Fsp3) is 0.620. The van der Waals surface area contributed by atoms with E-state index in [4.69, 9.17) is 14.2 Å². The van der Waals surface area contributed by atoms with Gasteiger partial charge in [-0.05, 0) is 64.2 Å². The highest BCUT2D eigenvalue weighted by Crippen LogP contribution is 2.13. The zero-order valence-corrected chi connectivity index (χ0v) is 37.2. The molecule has 0 aliphatic heterocycles. The number of hydrogen-bond donors (Lipinski definition) is 0. The molecule has 0 bridgehead atoms. The molecule has 0 spiro atoms. The molecule has 0 heterocycles. The maximum Gasteiger partial charge on any atom is 0.306 e. The van der Waals surface area contributed by atoms with Gasteiger partial charge < -0.3 is 28.6 Å². The third-order valence-corrected chi connectivity index (χ3v) is 9.37. The lowest BCUT2D eigenvalue weighted by Crippen LogP contribution is -2.55. The number of aliphatic carboxylic acids is 1. The summed E-state index contributed by atoms with van der Waals surface area (Å²) in [5.41, 5.74) is 0. The number of unbranched alkanes of at least 4 members (excludes halogenated alkanes) is 13. The van der Waals surface area contributed by atoms with Crippen LogP contribution in [0.5, 0.6) is 0 Å². The van der Waals surface area contributed by atoms with Gasteiger partial charge >= 0.3 is 11.9 Å². The van der Waals surface area contributed by atoms with Crippen LogP contribution in [0.1, 0.15) is 149 Å². The van der Waals surface area contributed by atoms with Gasteiger partial charge in [0.2, 0.25) is 0 Å². The predicted molar refractivity (Wildman–Crippen MR) is 240 cm³/mol. The molecule has 0 aromatic heterocycles. The minimum absolute atomic E-state index is 0.0163. The number of allylic oxidation sites excluding steroid dienone is 16. The lowest BCUT2D eigenvalue weighted by molar-refractivity contribution is -0.889. The van der Waals surface area contributed by atoms with E-state index in [0.29, 0.717) is 12.8 Å². The third kappa shape index (κ3) is 37.8. The van der Waals surface area contributed by atoms with Gasteiger partial charge in [-0.15, -0.1) is 0 Å². The molecule has 0 aromatic rings. The molecule has 0 saturated heterocycles. The van der Waals surface area contributed by atoms with E-state index in [0.717, 1.165) is 64.2 Å². The van der Waals surface area contributed by atoms with Gasteiger partial charge in [0.1, 0.15) is 12.6 Å². The molecule has 328 valence electrons. The number of carbonyl (C=O) groups excluding carboxylic acids is 3.